The van der Waals surface area contributed by atoms with Gasteiger partial charge in [0.15, 0.2) is 5.16 Å². The molecule has 2 aromatic carbocycles. The molecule has 0 saturated heterocycles. The van der Waals surface area contributed by atoms with Crippen molar-refractivity contribution in [3.05, 3.63) is 64.4 Å². The highest BCUT2D eigenvalue weighted by Gasteiger charge is 2.30. The highest BCUT2D eigenvalue weighted by atomic mass is 32.2. The summed E-state index contributed by atoms with van der Waals surface area (Å²) in [6.07, 6.45) is 0. The molecule has 6 nitrogen and oxygen atoms in total. The number of carbonyl (C=O) groups is 1. The van der Waals surface area contributed by atoms with E-state index in [0.29, 0.717) is 21.7 Å². The van der Waals surface area contributed by atoms with Crippen LogP contribution in [0.2, 0.25) is 0 Å². The molecule has 0 aliphatic heterocycles. The van der Waals surface area contributed by atoms with E-state index in [-0.39, 0.29) is 23.1 Å². The Kier molecular flexibility index (Phi) is 6.28. The Morgan fingerprint density at radius 2 is 1.90 bits per heavy atom. The molecule has 3 aromatic rings. The molecule has 154 valence electrons. The number of amides is 1. The van der Waals surface area contributed by atoms with E-state index in [0.717, 1.165) is 5.56 Å². The predicted molar refractivity (Wildman–Crippen MR) is 120 cm³/mol. The van der Waals surface area contributed by atoms with E-state index in [2.05, 4.69) is 16.4 Å². The lowest BCUT2D eigenvalue weighted by atomic mass is 9.90. The minimum atomic E-state index is -0.953. The molecule has 0 aliphatic carbocycles. The van der Waals surface area contributed by atoms with Gasteiger partial charge in [-0.1, -0.05) is 55.4 Å². The van der Waals surface area contributed by atoms with Crippen LogP contribution in [0.1, 0.15) is 26.3 Å². The van der Waals surface area contributed by atoms with E-state index in [1.54, 1.807) is 25.1 Å². The monoisotopic (exact) mass is 420 g/mol. The van der Waals surface area contributed by atoms with Crippen molar-refractivity contribution in [2.24, 2.45) is 5.92 Å². The minimum absolute atomic E-state index is 0.0408. The number of carbonyl (C=O) groups excluding carboxylic acids is 1. The van der Waals surface area contributed by atoms with Crippen LogP contribution in [0.25, 0.3) is 16.6 Å². The first-order chi connectivity index (χ1) is 14.2. The lowest BCUT2D eigenvalue weighted by Crippen LogP contribution is -2.49. The lowest BCUT2D eigenvalue weighted by Gasteiger charge is -2.27. The molecule has 0 fully saturated rings. The van der Waals surface area contributed by atoms with Gasteiger partial charge in [-0.05, 0) is 44.0 Å². The fraction of sp³-hybridized carbons (Fsp3) is 0.304. The number of aryl methyl sites for hydroxylation is 1. The molecule has 1 atom stereocenters. The zero-order chi connectivity index (χ0) is 21.9. The second kappa shape index (κ2) is 8.72. The smallest absolute Gasteiger partial charge is 0.266 e. The number of nitriles is 1. The van der Waals surface area contributed by atoms with Crippen LogP contribution in [0.3, 0.4) is 0 Å². The van der Waals surface area contributed by atoms with Crippen molar-refractivity contribution in [3.8, 4) is 11.8 Å². The van der Waals surface area contributed by atoms with Crippen LogP contribution in [0.4, 0.5) is 0 Å². The topological polar surface area (TPSA) is 87.8 Å². The third kappa shape index (κ3) is 4.39. The van der Waals surface area contributed by atoms with Crippen molar-refractivity contribution in [3.63, 3.8) is 0 Å². The van der Waals surface area contributed by atoms with Crippen LogP contribution in [0.15, 0.2) is 58.5 Å². The molecule has 30 heavy (non-hydrogen) atoms. The van der Waals surface area contributed by atoms with Crippen molar-refractivity contribution in [2.75, 3.05) is 5.75 Å². The van der Waals surface area contributed by atoms with Crippen LogP contribution in [-0.2, 0) is 4.79 Å². The van der Waals surface area contributed by atoms with Crippen LogP contribution in [0.5, 0.6) is 0 Å². The SMILES string of the molecule is Cc1ccc(-n2c(SCC(=O)N[C@](C)(C#N)C(C)C)nc3ccccc3c2=O)cc1. The Morgan fingerprint density at radius 1 is 1.23 bits per heavy atom. The third-order valence-electron chi connectivity index (χ3n) is 5.16. The Labute approximate surface area is 179 Å². The van der Waals surface area contributed by atoms with Crippen LogP contribution < -0.4 is 10.9 Å². The number of hydrogen-bond acceptors (Lipinski definition) is 5. The maximum Gasteiger partial charge on any atom is 0.266 e. The number of nitrogens with zero attached hydrogens (tertiary/aromatic N) is 3. The Balaban J connectivity index is 1.98. The van der Waals surface area contributed by atoms with E-state index < -0.39 is 5.54 Å². The van der Waals surface area contributed by atoms with E-state index >= 15 is 0 Å². The highest BCUT2D eigenvalue weighted by molar-refractivity contribution is 7.99. The Hall–Kier alpha value is -3.11. The number of thioether (sulfide) groups is 1. The summed E-state index contributed by atoms with van der Waals surface area (Å²) in [5.74, 6) is -0.280. The summed E-state index contributed by atoms with van der Waals surface area (Å²) in [5.41, 5.74) is 1.22. The van der Waals surface area contributed by atoms with E-state index in [1.807, 2.05) is 51.1 Å². The Bertz CT molecular complexity index is 1180. The molecular weight excluding hydrogens is 396 g/mol. The number of para-hydroxylation sites is 1. The Morgan fingerprint density at radius 3 is 2.53 bits per heavy atom. The fourth-order valence-corrected chi connectivity index (χ4v) is 3.70. The zero-order valence-electron chi connectivity index (χ0n) is 17.5. The lowest BCUT2D eigenvalue weighted by molar-refractivity contribution is -0.120. The van der Waals surface area contributed by atoms with E-state index in [9.17, 15) is 14.9 Å². The summed E-state index contributed by atoms with van der Waals surface area (Å²) in [4.78, 5) is 30.4. The van der Waals surface area contributed by atoms with Gasteiger partial charge in [0, 0.05) is 0 Å². The molecule has 1 amide bonds. The second-order valence-electron chi connectivity index (χ2n) is 7.69. The van der Waals surface area contributed by atoms with Gasteiger partial charge in [0.05, 0.1) is 28.4 Å². The largest absolute Gasteiger partial charge is 0.337 e. The van der Waals surface area contributed by atoms with Gasteiger partial charge < -0.3 is 5.32 Å². The first-order valence-electron chi connectivity index (χ1n) is 9.69. The third-order valence-corrected chi connectivity index (χ3v) is 6.09. The van der Waals surface area contributed by atoms with E-state index in [4.69, 9.17) is 0 Å². The van der Waals surface area contributed by atoms with E-state index in [1.165, 1.54) is 16.3 Å². The van der Waals surface area contributed by atoms with Crippen LogP contribution in [-0.4, -0.2) is 26.8 Å². The number of benzene rings is 2. The summed E-state index contributed by atoms with van der Waals surface area (Å²) < 4.78 is 1.53. The van der Waals surface area contributed by atoms with Gasteiger partial charge in [-0.25, -0.2) is 4.98 Å². The first kappa shape index (κ1) is 21.6. The number of aromatic nitrogens is 2. The molecule has 0 bridgehead atoms. The second-order valence-corrected chi connectivity index (χ2v) is 8.64. The maximum atomic E-state index is 13.2. The van der Waals surface area contributed by atoms with Gasteiger partial charge in [0.2, 0.25) is 5.91 Å². The van der Waals surface area contributed by atoms with Crippen molar-refractivity contribution >= 4 is 28.6 Å². The molecule has 0 spiro atoms. The molecule has 0 aliphatic rings. The number of nitrogens with one attached hydrogen (secondary N) is 1. The van der Waals surface area contributed by atoms with Gasteiger partial charge >= 0.3 is 0 Å². The predicted octanol–water partition coefficient (Wildman–Crippen LogP) is 3.84. The average Bonchev–Trinajstić information content (AvgIpc) is 2.73. The average molecular weight is 421 g/mol. The molecule has 0 radical (unpaired) electrons. The molecule has 7 heteroatoms. The molecule has 1 heterocycles. The van der Waals surface area contributed by atoms with Crippen LogP contribution >= 0.6 is 11.8 Å². The summed E-state index contributed by atoms with van der Waals surface area (Å²) >= 11 is 1.18. The summed E-state index contributed by atoms with van der Waals surface area (Å²) in [6, 6.07) is 16.9. The molecule has 3 rings (SSSR count). The zero-order valence-corrected chi connectivity index (χ0v) is 18.3. The first-order valence-corrected chi connectivity index (χ1v) is 10.7. The molecule has 0 saturated carbocycles. The van der Waals surface area contributed by atoms with Crippen molar-refractivity contribution in [1.82, 2.24) is 14.9 Å². The van der Waals surface area contributed by atoms with Crippen LogP contribution in [0, 0.1) is 24.2 Å². The van der Waals surface area contributed by atoms with Crippen molar-refractivity contribution in [1.29, 1.82) is 5.26 Å². The molecular formula is C23H24N4O2S. The molecule has 0 unspecified atom stereocenters. The summed E-state index contributed by atoms with van der Waals surface area (Å²) in [7, 11) is 0. The fourth-order valence-electron chi connectivity index (χ4n) is 2.89. The van der Waals surface area contributed by atoms with Gasteiger partial charge in [-0.3, -0.25) is 14.2 Å². The quantitative estimate of drug-likeness (QED) is 0.483. The van der Waals surface area contributed by atoms with Gasteiger partial charge in [0.1, 0.15) is 5.54 Å². The van der Waals surface area contributed by atoms with Crippen molar-refractivity contribution < 1.29 is 4.79 Å². The number of hydrogen-bond donors (Lipinski definition) is 1. The number of rotatable bonds is 6. The minimum Gasteiger partial charge on any atom is -0.337 e. The summed E-state index contributed by atoms with van der Waals surface area (Å²) in [5, 5.41) is 13.2. The molecule has 1 N–H and O–H groups in total. The summed E-state index contributed by atoms with van der Waals surface area (Å²) in [6.45, 7) is 7.45. The maximum absolute atomic E-state index is 13.2. The highest BCUT2D eigenvalue weighted by Crippen LogP contribution is 2.22. The normalized spacial score (nSPS) is 13.1. The van der Waals surface area contributed by atoms with Gasteiger partial charge in [-0.2, -0.15) is 5.26 Å². The van der Waals surface area contributed by atoms with Crippen molar-refractivity contribution in [2.45, 2.75) is 38.4 Å². The number of fused-ring (bicyclic) bond motifs is 1. The molecule has 1 aromatic heterocycles. The van der Waals surface area contributed by atoms with Gasteiger partial charge in [0.25, 0.3) is 5.56 Å². The van der Waals surface area contributed by atoms with Gasteiger partial charge in [-0.15, -0.1) is 0 Å². The standard InChI is InChI=1S/C23H24N4O2S/c1-15(2)23(4,14-24)26-20(28)13-30-22-25-19-8-6-5-7-18(19)21(29)27(22)17-11-9-16(3)10-12-17/h5-12,15H,13H2,1-4H3,(H,26,28)/t23-/m1/s1.